The predicted molar refractivity (Wildman–Crippen MR) is 134 cm³/mol. The number of aromatic nitrogens is 1. The molecule has 2 unspecified atom stereocenters. The topological polar surface area (TPSA) is 96.2 Å². The number of nitrogens with zero attached hydrogens (tertiary/aromatic N) is 1. The maximum absolute atomic E-state index is 12.5. The number of aromatic carboxylic acids is 1. The summed E-state index contributed by atoms with van der Waals surface area (Å²) < 4.78 is 25.5. The van der Waals surface area contributed by atoms with Crippen LogP contribution in [0, 0.1) is 5.92 Å². The Kier molecular flexibility index (Phi) is 6.35. The third-order valence-electron chi connectivity index (χ3n) is 6.80. The summed E-state index contributed by atoms with van der Waals surface area (Å²) in [6, 6.07) is 12.9. The van der Waals surface area contributed by atoms with Crippen LogP contribution in [0.3, 0.4) is 0 Å². The van der Waals surface area contributed by atoms with E-state index < -0.39 is 11.4 Å². The van der Waals surface area contributed by atoms with Crippen molar-refractivity contribution in [1.29, 1.82) is 0 Å². The molecule has 2 aromatic carbocycles. The van der Waals surface area contributed by atoms with Gasteiger partial charge in [0.2, 0.25) is 0 Å². The van der Waals surface area contributed by atoms with Crippen LogP contribution in [0.4, 0.5) is 0 Å². The molecular weight excluding hydrogens is 462 g/mol. The fraction of sp³-hybridized carbons (Fsp3) is 0.357. The number of carbonyl (C=O) groups is 1. The van der Waals surface area contributed by atoms with Crippen LogP contribution >= 0.6 is 0 Å². The summed E-state index contributed by atoms with van der Waals surface area (Å²) in [5.41, 5.74) is 1.81. The number of benzene rings is 2. The zero-order chi connectivity index (χ0) is 25.4. The SMILES string of the molecule is COc1cc2c(cc1OCCC1COc3ccccc3O1)CC(C(C)C)n1cc(C(=O)O)c(=O)cc1-2. The molecule has 0 saturated heterocycles. The molecule has 8 nitrogen and oxygen atoms in total. The summed E-state index contributed by atoms with van der Waals surface area (Å²) in [4.78, 5) is 24.1. The van der Waals surface area contributed by atoms with Gasteiger partial charge in [-0.15, -0.1) is 0 Å². The maximum atomic E-state index is 12.5. The number of para-hydroxylation sites is 2. The number of methoxy groups -OCH3 is 1. The Balaban J connectivity index is 1.40. The van der Waals surface area contributed by atoms with E-state index in [4.69, 9.17) is 18.9 Å². The second kappa shape index (κ2) is 9.60. The number of fused-ring (bicyclic) bond motifs is 4. The number of hydrogen-bond donors (Lipinski definition) is 1. The molecule has 0 bridgehead atoms. The van der Waals surface area contributed by atoms with Crippen LogP contribution in [-0.4, -0.2) is 42.1 Å². The van der Waals surface area contributed by atoms with Gasteiger partial charge >= 0.3 is 5.97 Å². The van der Waals surface area contributed by atoms with Gasteiger partial charge in [-0.2, -0.15) is 0 Å². The minimum absolute atomic E-state index is 0.000278. The molecule has 3 heterocycles. The summed E-state index contributed by atoms with van der Waals surface area (Å²) in [6.07, 6.45) is 2.67. The van der Waals surface area contributed by atoms with Gasteiger partial charge in [0.25, 0.3) is 0 Å². The van der Waals surface area contributed by atoms with Crippen LogP contribution in [0.1, 0.15) is 42.2 Å². The Morgan fingerprint density at radius 1 is 1.17 bits per heavy atom. The molecule has 0 amide bonds. The van der Waals surface area contributed by atoms with E-state index in [1.165, 1.54) is 12.3 Å². The molecule has 2 aliphatic rings. The lowest BCUT2D eigenvalue weighted by atomic mass is 9.87. The van der Waals surface area contributed by atoms with Crippen LogP contribution in [-0.2, 0) is 6.42 Å². The largest absolute Gasteiger partial charge is 0.493 e. The van der Waals surface area contributed by atoms with Crippen LogP contribution in [0.5, 0.6) is 23.0 Å². The molecule has 2 atom stereocenters. The zero-order valence-electron chi connectivity index (χ0n) is 20.5. The van der Waals surface area contributed by atoms with Crippen molar-refractivity contribution in [2.24, 2.45) is 5.92 Å². The van der Waals surface area contributed by atoms with E-state index in [-0.39, 0.29) is 23.6 Å². The van der Waals surface area contributed by atoms with Gasteiger partial charge in [-0.25, -0.2) is 4.79 Å². The van der Waals surface area contributed by atoms with Gasteiger partial charge in [-0.3, -0.25) is 4.79 Å². The minimum atomic E-state index is -1.22. The number of hydrogen-bond acceptors (Lipinski definition) is 6. The molecule has 188 valence electrons. The summed E-state index contributed by atoms with van der Waals surface area (Å²) in [5, 5.41) is 9.46. The summed E-state index contributed by atoms with van der Waals surface area (Å²) in [6.45, 7) is 5.05. The molecule has 2 aliphatic heterocycles. The molecule has 0 saturated carbocycles. The van der Waals surface area contributed by atoms with Crippen molar-refractivity contribution < 1.29 is 28.8 Å². The van der Waals surface area contributed by atoms with Crippen LogP contribution in [0.2, 0.25) is 0 Å². The molecule has 0 fully saturated rings. The maximum Gasteiger partial charge on any atom is 0.341 e. The number of carboxylic acid groups (broad SMARTS) is 1. The van der Waals surface area contributed by atoms with E-state index in [0.717, 1.165) is 22.6 Å². The van der Waals surface area contributed by atoms with Gasteiger partial charge in [-0.05, 0) is 42.2 Å². The van der Waals surface area contributed by atoms with Crippen LogP contribution in [0.15, 0.2) is 53.5 Å². The number of pyridine rings is 1. The standard InChI is InChI=1S/C28H29NO7/c1-16(2)21-10-17-11-27(34-9-8-18-15-35-24-6-4-5-7-25(24)36-18)26(33-3)12-19(17)22-13-23(30)20(28(31)32)14-29(21)22/h4-7,11-14,16,18,21H,8-10,15H2,1-3H3,(H,31,32). The first kappa shape index (κ1) is 23.8. The summed E-state index contributed by atoms with van der Waals surface area (Å²) in [5.74, 6) is 1.65. The normalized spacial score (nSPS) is 17.8. The molecule has 3 aromatic rings. The van der Waals surface area contributed by atoms with Crippen molar-refractivity contribution in [1.82, 2.24) is 4.57 Å². The first-order chi connectivity index (χ1) is 17.4. The lowest BCUT2D eigenvalue weighted by molar-refractivity contribution is 0.0694. The van der Waals surface area contributed by atoms with E-state index in [9.17, 15) is 14.7 Å². The molecule has 5 rings (SSSR count). The van der Waals surface area contributed by atoms with E-state index in [1.54, 1.807) is 7.11 Å². The Hall–Kier alpha value is -3.94. The van der Waals surface area contributed by atoms with Crippen molar-refractivity contribution in [2.45, 2.75) is 38.8 Å². The lowest BCUT2D eigenvalue weighted by Crippen LogP contribution is -2.30. The van der Waals surface area contributed by atoms with Gasteiger partial charge in [0.1, 0.15) is 18.3 Å². The Morgan fingerprint density at radius 2 is 1.94 bits per heavy atom. The van der Waals surface area contributed by atoms with E-state index in [1.807, 2.05) is 41.0 Å². The van der Waals surface area contributed by atoms with Crippen molar-refractivity contribution in [3.8, 4) is 34.3 Å². The lowest BCUT2D eigenvalue weighted by Gasteiger charge is -2.34. The smallest absolute Gasteiger partial charge is 0.341 e. The third-order valence-corrected chi connectivity index (χ3v) is 6.80. The number of carboxylic acids is 1. The number of ether oxygens (including phenoxy) is 4. The molecule has 36 heavy (non-hydrogen) atoms. The molecule has 1 N–H and O–H groups in total. The third kappa shape index (κ3) is 4.39. The Labute approximate surface area is 209 Å². The second-order valence-electron chi connectivity index (χ2n) is 9.46. The highest BCUT2D eigenvalue weighted by molar-refractivity contribution is 5.88. The average molecular weight is 492 g/mol. The second-order valence-corrected chi connectivity index (χ2v) is 9.46. The van der Waals surface area contributed by atoms with Crippen molar-refractivity contribution in [3.05, 3.63) is 70.0 Å². The molecule has 1 aromatic heterocycles. The fourth-order valence-electron chi connectivity index (χ4n) is 4.87. The predicted octanol–water partition coefficient (Wildman–Crippen LogP) is 4.58. The number of rotatable bonds is 7. The average Bonchev–Trinajstić information content (AvgIpc) is 2.87. The fourth-order valence-corrected chi connectivity index (χ4v) is 4.87. The highest BCUT2D eigenvalue weighted by Crippen LogP contribution is 2.43. The van der Waals surface area contributed by atoms with Gasteiger partial charge in [0.15, 0.2) is 28.4 Å². The van der Waals surface area contributed by atoms with Gasteiger partial charge in [-0.1, -0.05) is 26.0 Å². The summed E-state index contributed by atoms with van der Waals surface area (Å²) >= 11 is 0. The Morgan fingerprint density at radius 3 is 2.67 bits per heavy atom. The van der Waals surface area contributed by atoms with E-state index in [2.05, 4.69) is 13.8 Å². The van der Waals surface area contributed by atoms with Gasteiger partial charge < -0.3 is 28.6 Å². The quantitative estimate of drug-likeness (QED) is 0.517. The van der Waals surface area contributed by atoms with Crippen molar-refractivity contribution >= 4 is 5.97 Å². The van der Waals surface area contributed by atoms with Crippen LogP contribution in [0.25, 0.3) is 11.3 Å². The van der Waals surface area contributed by atoms with Gasteiger partial charge in [0, 0.05) is 30.3 Å². The highest BCUT2D eigenvalue weighted by Gasteiger charge is 2.29. The Bertz CT molecular complexity index is 1360. The molecular formula is C28H29NO7. The minimum Gasteiger partial charge on any atom is -0.493 e. The van der Waals surface area contributed by atoms with E-state index in [0.29, 0.717) is 43.2 Å². The molecule has 0 aliphatic carbocycles. The van der Waals surface area contributed by atoms with E-state index >= 15 is 0 Å². The molecule has 0 radical (unpaired) electrons. The first-order valence-electron chi connectivity index (χ1n) is 12.1. The molecule has 0 spiro atoms. The van der Waals surface area contributed by atoms with Gasteiger partial charge in [0.05, 0.1) is 19.4 Å². The zero-order valence-corrected chi connectivity index (χ0v) is 20.5. The van der Waals surface area contributed by atoms with Crippen molar-refractivity contribution in [3.63, 3.8) is 0 Å². The van der Waals surface area contributed by atoms with Crippen LogP contribution < -0.4 is 24.4 Å². The molecule has 8 heteroatoms. The van der Waals surface area contributed by atoms with Crippen molar-refractivity contribution in [2.75, 3.05) is 20.3 Å². The first-order valence-corrected chi connectivity index (χ1v) is 12.1. The highest BCUT2D eigenvalue weighted by atomic mass is 16.6. The summed E-state index contributed by atoms with van der Waals surface area (Å²) in [7, 11) is 1.57. The monoisotopic (exact) mass is 491 g/mol.